The minimum absolute atomic E-state index is 0.0431. The van der Waals surface area contributed by atoms with Crippen LogP contribution in [0, 0.1) is 25.6 Å². The Balaban J connectivity index is 1.50. The maximum Gasteiger partial charge on any atom is 0.416 e. The van der Waals surface area contributed by atoms with Gasteiger partial charge in [-0.2, -0.15) is 0 Å². The summed E-state index contributed by atoms with van der Waals surface area (Å²) in [6, 6.07) is 4.08. The number of amides is 4. The maximum absolute atomic E-state index is 14.0. The van der Waals surface area contributed by atoms with Crippen molar-refractivity contribution < 1.29 is 33.0 Å². The largest absolute Gasteiger partial charge is 0.449 e. The van der Waals surface area contributed by atoms with E-state index in [4.69, 9.17) is 9.47 Å². The summed E-state index contributed by atoms with van der Waals surface area (Å²) in [4.78, 5) is 60.8. The van der Waals surface area contributed by atoms with Gasteiger partial charge in [-0.25, -0.2) is 18.9 Å². The fraction of sp³-hybridized carbons (Fsp3) is 0.529. The number of halogens is 1. The monoisotopic (exact) mass is 639 g/mol. The first-order chi connectivity index (χ1) is 21.7. The molecule has 2 aromatic rings. The molecule has 0 bridgehead atoms. The molecular formula is C34H46FN5O6. The van der Waals surface area contributed by atoms with Gasteiger partial charge in [0.05, 0.1) is 17.7 Å². The number of rotatable bonds is 9. The number of aromatic nitrogens is 1. The Bertz CT molecular complexity index is 1500. The van der Waals surface area contributed by atoms with Gasteiger partial charge in [-0.3, -0.25) is 9.59 Å². The molecule has 1 saturated heterocycles. The highest BCUT2D eigenvalue weighted by Gasteiger charge is 2.32. The van der Waals surface area contributed by atoms with Gasteiger partial charge in [-0.15, -0.1) is 0 Å². The number of aryl methyl sites for hydroxylation is 1. The standard InChI is InChI=1S/C34H46FN5O6/c1-8-38(9-2)16-17-40(33(44)45-20-23-12-14-39(15-13-23)32(43)46-34(5,6)7)31(42)29-21(3)28(36-22(29)4)19-26-25-18-24(35)10-11-27(25)37-30(26)41/h10-11,18-19,23,36H,8-9,12-17,20H2,1-7H3,(H,37,41)/b26-19-. The Hall–Kier alpha value is -4.19. The van der Waals surface area contributed by atoms with Crippen molar-refractivity contribution in [3.05, 3.63) is 52.1 Å². The predicted octanol–water partition coefficient (Wildman–Crippen LogP) is 5.83. The third-order valence-corrected chi connectivity index (χ3v) is 8.45. The number of hydrogen-bond donors (Lipinski definition) is 2. The highest BCUT2D eigenvalue weighted by atomic mass is 19.1. The van der Waals surface area contributed by atoms with Crippen LogP contribution < -0.4 is 5.32 Å². The fourth-order valence-corrected chi connectivity index (χ4v) is 5.75. The maximum atomic E-state index is 14.0. The lowest BCUT2D eigenvalue weighted by molar-refractivity contribution is -0.110. The number of carbonyl (C=O) groups excluding carboxylic acids is 4. The number of anilines is 1. The molecule has 1 aromatic carbocycles. The number of ether oxygens (including phenoxy) is 2. The van der Waals surface area contributed by atoms with E-state index in [0.29, 0.717) is 66.2 Å². The SMILES string of the molecule is CCN(CC)CCN(C(=O)OCC1CCN(C(=O)OC(C)(C)C)CC1)C(=O)c1c(C)[nH]c(/C=C2\C(=O)Nc3ccc(F)cc32)c1C. The predicted molar refractivity (Wildman–Crippen MR) is 174 cm³/mol. The van der Waals surface area contributed by atoms with Crippen LogP contribution in [0.5, 0.6) is 0 Å². The average Bonchev–Trinajstić information content (AvgIpc) is 3.46. The third-order valence-electron chi connectivity index (χ3n) is 8.45. The second kappa shape index (κ2) is 14.5. The van der Waals surface area contributed by atoms with Crippen molar-refractivity contribution in [1.82, 2.24) is 19.7 Å². The lowest BCUT2D eigenvalue weighted by Gasteiger charge is -2.33. The molecule has 2 aliphatic rings. The van der Waals surface area contributed by atoms with Crippen LogP contribution in [0.15, 0.2) is 18.2 Å². The van der Waals surface area contributed by atoms with Gasteiger partial charge in [0.25, 0.3) is 11.8 Å². The van der Waals surface area contributed by atoms with Crippen molar-refractivity contribution in [2.75, 3.05) is 51.2 Å². The first kappa shape index (κ1) is 34.7. The Labute approximate surface area is 270 Å². The van der Waals surface area contributed by atoms with Crippen LogP contribution in [-0.2, 0) is 14.3 Å². The zero-order valence-corrected chi connectivity index (χ0v) is 27.9. The van der Waals surface area contributed by atoms with Crippen molar-refractivity contribution >= 4 is 41.3 Å². The molecule has 0 radical (unpaired) electrons. The normalized spacial score (nSPS) is 16.1. The van der Waals surface area contributed by atoms with E-state index < -0.39 is 23.4 Å². The number of H-pyrrole nitrogens is 1. The smallest absolute Gasteiger partial charge is 0.416 e. The van der Waals surface area contributed by atoms with Crippen molar-refractivity contribution in [1.29, 1.82) is 0 Å². The number of carbonyl (C=O) groups is 4. The zero-order valence-electron chi connectivity index (χ0n) is 27.9. The highest BCUT2D eigenvalue weighted by Crippen LogP contribution is 2.34. The molecule has 11 nitrogen and oxygen atoms in total. The molecule has 2 aliphatic heterocycles. The van der Waals surface area contributed by atoms with Crippen molar-refractivity contribution in [2.45, 2.75) is 66.9 Å². The van der Waals surface area contributed by atoms with E-state index in [1.807, 2.05) is 34.6 Å². The lowest BCUT2D eigenvalue weighted by Crippen LogP contribution is -2.44. The summed E-state index contributed by atoms with van der Waals surface area (Å²) in [6.07, 6.45) is 1.81. The second-order valence-electron chi connectivity index (χ2n) is 12.8. The molecule has 4 rings (SSSR count). The van der Waals surface area contributed by atoms with E-state index in [1.54, 1.807) is 24.8 Å². The van der Waals surface area contributed by atoms with Gasteiger partial charge in [0, 0.05) is 48.8 Å². The summed E-state index contributed by atoms with van der Waals surface area (Å²) < 4.78 is 25.2. The number of benzene rings is 1. The van der Waals surface area contributed by atoms with E-state index in [-0.39, 0.29) is 36.6 Å². The average molecular weight is 640 g/mol. The molecule has 1 aromatic heterocycles. The van der Waals surface area contributed by atoms with Crippen molar-refractivity contribution in [3.63, 3.8) is 0 Å². The number of aromatic amines is 1. The summed E-state index contributed by atoms with van der Waals surface area (Å²) in [5.74, 6) is -1.30. The van der Waals surface area contributed by atoms with Gasteiger partial charge in [0.15, 0.2) is 0 Å². The number of imide groups is 1. The molecule has 250 valence electrons. The van der Waals surface area contributed by atoms with Crippen molar-refractivity contribution in [2.24, 2.45) is 5.92 Å². The summed E-state index contributed by atoms with van der Waals surface area (Å²) in [5, 5.41) is 2.73. The van der Waals surface area contributed by atoms with Gasteiger partial charge in [-0.1, -0.05) is 13.8 Å². The van der Waals surface area contributed by atoms with Crippen LogP contribution in [0.3, 0.4) is 0 Å². The molecule has 0 aliphatic carbocycles. The van der Waals surface area contributed by atoms with E-state index in [2.05, 4.69) is 15.2 Å². The summed E-state index contributed by atoms with van der Waals surface area (Å²) in [5.41, 5.74) is 2.55. The molecule has 0 unspecified atom stereocenters. The topological polar surface area (TPSA) is 124 Å². The zero-order chi connectivity index (χ0) is 33.8. The minimum atomic E-state index is -0.730. The second-order valence-corrected chi connectivity index (χ2v) is 12.8. The molecule has 46 heavy (non-hydrogen) atoms. The number of likely N-dealkylation sites (N-methyl/N-ethyl adjacent to an activating group) is 1. The van der Waals surface area contributed by atoms with Gasteiger partial charge >= 0.3 is 12.2 Å². The van der Waals surface area contributed by atoms with Crippen molar-refractivity contribution in [3.8, 4) is 0 Å². The summed E-state index contributed by atoms with van der Waals surface area (Å²) >= 11 is 0. The van der Waals surface area contributed by atoms with Crippen LogP contribution in [0.4, 0.5) is 19.7 Å². The molecule has 0 atom stereocenters. The number of likely N-dealkylation sites (tertiary alicyclic amines) is 1. The quantitative estimate of drug-likeness (QED) is 0.331. The molecule has 4 amide bonds. The molecule has 0 spiro atoms. The number of fused-ring (bicyclic) bond motifs is 1. The molecular weight excluding hydrogens is 593 g/mol. The van der Waals surface area contributed by atoms with E-state index in [1.165, 1.54) is 18.2 Å². The molecule has 3 heterocycles. The molecule has 0 saturated carbocycles. The fourth-order valence-electron chi connectivity index (χ4n) is 5.75. The van der Waals surface area contributed by atoms with E-state index >= 15 is 0 Å². The van der Waals surface area contributed by atoms with Gasteiger partial charge < -0.3 is 29.6 Å². The number of hydrogen-bond acceptors (Lipinski definition) is 7. The first-order valence-electron chi connectivity index (χ1n) is 15.9. The minimum Gasteiger partial charge on any atom is -0.449 e. The number of nitrogens with one attached hydrogen (secondary N) is 2. The molecule has 12 heteroatoms. The highest BCUT2D eigenvalue weighted by molar-refractivity contribution is 6.35. The van der Waals surface area contributed by atoms with Crippen LogP contribution in [-0.4, -0.2) is 95.2 Å². The van der Waals surface area contributed by atoms with Crippen LogP contribution in [0.2, 0.25) is 0 Å². The van der Waals surface area contributed by atoms with Crippen LogP contribution >= 0.6 is 0 Å². The Morgan fingerprint density at radius 3 is 2.39 bits per heavy atom. The van der Waals surface area contributed by atoms with Gasteiger partial charge in [-0.05, 0) is 96.3 Å². The third kappa shape index (κ3) is 8.14. The van der Waals surface area contributed by atoms with E-state index in [9.17, 15) is 23.6 Å². The van der Waals surface area contributed by atoms with Crippen LogP contribution in [0.1, 0.15) is 80.3 Å². The van der Waals surface area contributed by atoms with Crippen LogP contribution in [0.25, 0.3) is 11.6 Å². The lowest BCUT2D eigenvalue weighted by atomic mass is 9.98. The molecule has 1 fully saturated rings. The van der Waals surface area contributed by atoms with Gasteiger partial charge in [0.2, 0.25) is 0 Å². The number of nitrogens with zero attached hydrogens (tertiary/aromatic N) is 3. The van der Waals surface area contributed by atoms with E-state index in [0.717, 1.165) is 18.0 Å². The number of piperidine rings is 1. The Morgan fingerprint density at radius 2 is 1.76 bits per heavy atom. The summed E-state index contributed by atoms with van der Waals surface area (Å²) in [6.45, 7) is 16.2. The first-order valence-corrected chi connectivity index (χ1v) is 15.9. The Morgan fingerprint density at radius 1 is 1.09 bits per heavy atom. The summed E-state index contributed by atoms with van der Waals surface area (Å²) in [7, 11) is 0. The van der Waals surface area contributed by atoms with Gasteiger partial charge in [0.1, 0.15) is 11.4 Å². The molecule has 2 N–H and O–H groups in total. The Kier molecular flexibility index (Phi) is 10.9.